The summed E-state index contributed by atoms with van der Waals surface area (Å²) in [5.41, 5.74) is 2.94. The van der Waals surface area contributed by atoms with Gasteiger partial charge >= 0.3 is 0 Å². The SMILES string of the molecule is CN(CCc1ccccc1)C(=O)Cc1ccc(OCc2cccc(F)c2)cc1. The number of hydrogen-bond donors (Lipinski definition) is 0. The summed E-state index contributed by atoms with van der Waals surface area (Å²) in [6, 6.07) is 24.0. The summed E-state index contributed by atoms with van der Waals surface area (Å²) < 4.78 is 18.9. The standard InChI is InChI=1S/C24H24FNO2/c1-26(15-14-19-6-3-2-4-7-19)24(27)17-20-10-12-23(13-11-20)28-18-21-8-5-9-22(25)16-21/h2-13,16H,14-15,17-18H2,1H3. The summed E-state index contributed by atoms with van der Waals surface area (Å²) in [5.74, 6) is 0.508. The number of hydrogen-bond acceptors (Lipinski definition) is 2. The normalized spacial score (nSPS) is 10.5. The Morgan fingerprint density at radius 1 is 0.893 bits per heavy atom. The third kappa shape index (κ3) is 5.95. The van der Waals surface area contributed by atoms with Gasteiger partial charge in [0.05, 0.1) is 6.42 Å². The fraction of sp³-hybridized carbons (Fsp3) is 0.208. The van der Waals surface area contributed by atoms with E-state index in [0.29, 0.717) is 25.3 Å². The zero-order valence-electron chi connectivity index (χ0n) is 16.0. The summed E-state index contributed by atoms with van der Waals surface area (Å²) in [7, 11) is 1.84. The number of likely N-dealkylation sites (N-methyl/N-ethyl adjacent to an activating group) is 1. The van der Waals surface area contributed by atoms with E-state index in [2.05, 4.69) is 12.1 Å². The average molecular weight is 377 g/mol. The van der Waals surface area contributed by atoms with Gasteiger partial charge in [0.2, 0.25) is 5.91 Å². The zero-order valence-corrected chi connectivity index (χ0v) is 16.0. The molecule has 0 N–H and O–H groups in total. The summed E-state index contributed by atoms with van der Waals surface area (Å²) in [4.78, 5) is 14.2. The highest BCUT2D eigenvalue weighted by atomic mass is 19.1. The van der Waals surface area contributed by atoms with Crippen LogP contribution >= 0.6 is 0 Å². The van der Waals surface area contributed by atoms with Crippen LogP contribution in [0.15, 0.2) is 78.9 Å². The molecule has 0 spiro atoms. The minimum Gasteiger partial charge on any atom is -0.489 e. The molecule has 3 aromatic rings. The van der Waals surface area contributed by atoms with Gasteiger partial charge in [0.15, 0.2) is 0 Å². The lowest BCUT2D eigenvalue weighted by Crippen LogP contribution is -2.30. The van der Waals surface area contributed by atoms with Gasteiger partial charge in [-0.1, -0.05) is 54.6 Å². The lowest BCUT2D eigenvalue weighted by molar-refractivity contribution is -0.129. The van der Waals surface area contributed by atoms with Crippen molar-refractivity contribution in [2.45, 2.75) is 19.4 Å². The Labute approximate surface area is 165 Å². The number of benzene rings is 3. The van der Waals surface area contributed by atoms with Crippen molar-refractivity contribution in [3.8, 4) is 5.75 Å². The molecule has 0 radical (unpaired) electrons. The van der Waals surface area contributed by atoms with Gasteiger partial charge in [-0.3, -0.25) is 4.79 Å². The minimum atomic E-state index is -0.272. The Balaban J connectivity index is 1.47. The number of rotatable bonds is 8. The Hall–Kier alpha value is -3.14. The molecule has 0 saturated heterocycles. The topological polar surface area (TPSA) is 29.5 Å². The Bertz CT molecular complexity index is 894. The molecular formula is C24H24FNO2. The molecule has 0 aliphatic heterocycles. The predicted molar refractivity (Wildman–Crippen MR) is 109 cm³/mol. The van der Waals surface area contributed by atoms with Crippen molar-refractivity contribution in [1.29, 1.82) is 0 Å². The van der Waals surface area contributed by atoms with Crippen LogP contribution in [0.3, 0.4) is 0 Å². The van der Waals surface area contributed by atoms with Crippen molar-refractivity contribution in [2.75, 3.05) is 13.6 Å². The van der Waals surface area contributed by atoms with Crippen LogP contribution in [0.2, 0.25) is 0 Å². The van der Waals surface area contributed by atoms with E-state index in [1.54, 1.807) is 11.0 Å². The van der Waals surface area contributed by atoms with Gasteiger partial charge in [0.1, 0.15) is 18.2 Å². The van der Waals surface area contributed by atoms with Crippen molar-refractivity contribution < 1.29 is 13.9 Å². The van der Waals surface area contributed by atoms with E-state index >= 15 is 0 Å². The number of carbonyl (C=O) groups excluding carboxylic acids is 1. The maximum atomic E-state index is 13.2. The monoisotopic (exact) mass is 377 g/mol. The number of nitrogens with zero attached hydrogens (tertiary/aromatic N) is 1. The van der Waals surface area contributed by atoms with Crippen LogP contribution in [0, 0.1) is 5.82 Å². The molecule has 1 amide bonds. The second-order valence-electron chi connectivity index (χ2n) is 6.79. The van der Waals surface area contributed by atoms with Crippen LogP contribution in [0.5, 0.6) is 5.75 Å². The van der Waals surface area contributed by atoms with Crippen LogP contribution in [-0.4, -0.2) is 24.4 Å². The van der Waals surface area contributed by atoms with Gasteiger partial charge < -0.3 is 9.64 Å². The molecule has 0 aromatic heterocycles. The largest absolute Gasteiger partial charge is 0.489 e. The van der Waals surface area contributed by atoms with Gasteiger partial charge in [-0.25, -0.2) is 4.39 Å². The lowest BCUT2D eigenvalue weighted by Gasteiger charge is -2.17. The van der Waals surface area contributed by atoms with Gasteiger partial charge in [-0.15, -0.1) is 0 Å². The van der Waals surface area contributed by atoms with Crippen LogP contribution < -0.4 is 4.74 Å². The first-order chi connectivity index (χ1) is 13.6. The van der Waals surface area contributed by atoms with Crippen LogP contribution in [0.4, 0.5) is 4.39 Å². The first-order valence-electron chi connectivity index (χ1n) is 9.34. The predicted octanol–water partition coefficient (Wildman–Crippen LogP) is 4.65. The van der Waals surface area contributed by atoms with Crippen molar-refractivity contribution in [3.05, 3.63) is 101 Å². The highest BCUT2D eigenvalue weighted by Crippen LogP contribution is 2.15. The molecule has 3 rings (SSSR count). The summed E-state index contributed by atoms with van der Waals surface area (Å²) in [5, 5.41) is 0. The maximum Gasteiger partial charge on any atom is 0.226 e. The molecule has 3 nitrogen and oxygen atoms in total. The third-order valence-electron chi connectivity index (χ3n) is 4.58. The van der Waals surface area contributed by atoms with Gasteiger partial charge in [0, 0.05) is 13.6 Å². The minimum absolute atomic E-state index is 0.0874. The van der Waals surface area contributed by atoms with Crippen molar-refractivity contribution in [2.24, 2.45) is 0 Å². The third-order valence-corrected chi connectivity index (χ3v) is 4.58. The second kappa shape index (κ2) is 9.70. The molecule has 0 aliphatic carbocycles. The van der Waals surface area contributed by atoms with Crippen molar-refractivity contribution in [1.82, 2.24) is 4.90 Å². The van der Waals surface area contributed by atoms with Crippen LogP contribution in [0.25, 0.3) is 0 Å². The lowest BCUT2D eigenvalue weighted by atomic mass is 10.1. The molecule has 28 heavy (non-hydrogen) atoms. The fourth-order valence-corrected chi connectivity index (χ4v) is 2.87. The fourth-order valence-electron chi connectivity index (χ4n) is 2.87. The smallest absolute Gasteiger partial charge is 0.226 e. The van der Waals surface area contributed by atoms with Crippen LogP contribution in [-0.2, 0) is 24.2 Å². The van der Waals surface area contributed by atoms with E-state index in [-0.39, 0.29) is 11.7 Å². The molecule has 0 heterocycles. The molecule has 0 unspecified atom stereocenters. The molecule has 0 bridgehead atoms. The summed E-state index contributed by atoms with van der Waals surface area (Å²) >= 11 is 0. The molecular weight excluding hydrogens is 353 g/mol. The maximum absolute atomic E-state index is 13.2. The Morgan fingerprint density at radius 2 is 1.61 bits per heavy atom. The number of amides is 1. The highest BCUT2D eigenvalue weighted by molar-refractivity contribution is 5.78. The van der Waals surface area contributed by atoms with Crippen molar-refractivity contribution >= 4 is 5.91 Å². The first-order valence-corrected chi connectivity index (χ1v) is 9.34. The summed E-state index contributed by atoms with van der Waals surface area (Å²) in [6.07, 6.45) is 1.20. The molecule has 3 aromatic carbocycles. The van der Waals surface area contributed by atoms with E-state index < -0.39 is 0 Å². The molecule has 0 fully saturated rings. The van der Waals surface area contributed by atoms with E-state index in [9.17, 15) is 9.18 Å². The number of ether oxygens (including phenoxy) is 1. The van der Waals surface area contributed by atoms with E-state index in [0.717, 1.165) is 17.5 Å². The van der Waals surface area contributed by atoms with E-state index in [1.807, 2.05) is 55.6 Å². The molecule has 4 heteroatoms. The van der Waals surface area contributed by atoms with Gasteiger partial charge in [-0.05, 0) is 47.4 Å². The molecule has 0 atom stereocenters. The Morgan fingerprint density at radius 3 is 2.32 bits per heavy atom. The number of halogens is 1. The molecule has 0 saturated carbocycles. The second-order valence-corrected chi connectivity index (χ2v) is 6.79. The zero-order chi connectivity index (χ0) is 19.8. The quantitative estimate of drug-likeness (QED) is 0.572. The van der Waals surface area contributed by atoms with Gasteiger partial charge in [0.25, 0.3) is 0 Å². The van der Waals surface area contributed by atoms with E-state index in [1.165, 1.54) is 17.7 Å². The average Bonchev–Trinajstić information content (AvgIpc) is 2.72. The van der Waals surface area contributed by atoms with Gasteiger partial charge in [-0.2, -0.15) is 0 Å². The number of carbonyl (C=O) groups is 1. The molecule has 144 valence electrons. The van der Waals surface area contributed by atoms with Crippen LogP contribution in [0.1, 0.15) is 16.7 Å². The Kier molecular flexibility index (Phi) is 6.79. The molecule has 0 aliphatic rings. The van der Waals surface area contributed by atoms with E-state index in [4.69, 9.17) is 4.74 Å². The summed E-state index contributed by atoms with van der Waals surface area (Å²) in [6.45, 7) is 0.996. The highest BCUT2D eigenvalue weighted by Gasteiger charge is 2.10. The van der Waals surface area contributed by atoms with Crippen molar-refractivity contribution in [3.63, 3.8) is 0 Å². The first kappa shape index (κ1) is 19.6.